The molecule has 0 aliphatic carbocycles. The van der Waals surface area contributed by atoms with E-state index in [-0.39, 0.29) is 29.8 Å². The summed E-state index contributed by atoms with van der Waals surface area (Å²) in [6, 6.07) is 11.3. The first-order chi connectivity index (χ1) is 11.7. The Bertz CT molecular complexity index is 659. The fourth-order valence-electron chi connectivity index (χ4n) is 2.14. The molecule has 0 aliphatic heterocycles. The van der Waals surface area contributed by atoms with Crippen molar-refractivity contribution in [1.82, 2.24) is 15.6 Å². The number of pyridine rings is 1. The number of rotatable bonds is 7. The molecule has 136 valence electrons. The van der Waals surface area contributed by atoms with Crippen LogP contribution in [-0.2, 0) is 13.1 Å². The van der Waals surface area contributed by atoms with E-state index in [0.717, 1.165) is 24.9 Å². The molecule has 2 rings (SSSR count). The van der Waals surface area contributed by atoms with Gasteiger partial charge in [0.2, 0.25) is 0 Å². The number of hydrogen-bond donors (Lipinski definition) is 2. The third-order valence-corrected chi connectivity index (χ3v) is 3.62. The van der Waals surface area contributed by atoms with Crippen molar-refractivity contribution >= 4 is 29.9 Å². The van der Waals surface area contributed by atoms with Crippen LogP contribution in [0.5, 0.6) is 0 Å². The fraction of sp³-hybridized carbons (Fsp3) is 0.368. The zero-order chi connectivity index (χ0) is 17.2. The number of unbranched alkanes of at least 4 members (excludes halogenated alkanes) is 1. The van der Waals surface area contributed by atoms with Gasteiger partial charge in [0.1, 0.15) is 5.82 Å². The van der Waals surface area contributed by atoms with E-state index in [9.17, 15) is 4.39 Å². The van der Waals surface area contributed by atoms with Crippen molar-refractivity contribution in [1.29, 1.82) is 0 Å². The van der Waals surface area contributed by atoms with Crippen LogP contribution in [0.15, 0.2) is 47.6 Å². The first-order valence-corrected chi connectivity index (χ1v) is 8.36. The first kappa shape index (κ1) is 21.3. The van der Waals surface area contributed by atoms with E-state index in [1.54, 1.807) is 12.3 Å². The highest BCUT2D eigenvalue weighted by Crippen LogP contribution is 2.05. The Morgan fingerprint density at radius 2 is 1.92 bits per heavy atom. The van der Waals surface area contributed by atoms with Gasteiger partial charge in [-0.25, -0.2) is 9.38 Å². The maximum atomic E-state index is 13.7. The average molecular weight is 456 g/mol. The summed E-state index contributed by atoms with van der Waals surface area (Å²) in [5.74, 6) is 0.366. The van der Waals surface area contributed by atoms with E-state index in [4.69, 9.17) is 0 Å². The molecule has 6 heteroatoms. The zero-order valence-electron chi connectivity index (χ0n) is 14.8. The van der Waals surface area contributed by atoms with Crippen LogP contribution in [0.4, 0.5) is 4.39 Å². The number of aromatic nitrogens is 1. The van der Waals surface area contributed by atoms with E-state index < -0.39 is 0 Å². The van der Waals surface area contributed by atoms with Crippen LogP contribution >= 0.6 is 24.0 Å². The maximum Gasteiger partial charge on any atom is 0.191 e. The Hall–Kier alpha value is -1.70. The topological polar surface area (TPSA) is 49.3 Å². The van der Waals surface area contributed by atoms with Gasteiger partial charge in [-0.05, 0) is 31.0 Å². The highest BCUT2D eigenvalue weighted by atomic mass is 127. The molecule has 1 aromatic carbocycles. The van der Waals surface area contributed by atoms with Crippen molar-refractivity contribution in [2.75, 3.05) is 6.54 Å². The monoisotopic (exact) mass is 456 g/mol. The predicted octanol–water partition coefficient (Wildman–Crippen LogP) is 4.18. The second-order valence-corrected chi connectivity index (χ2v) is 5.72. The van der Waals surface area contributed by atoms with Gasteiger partial charge in [0.15, 0.2) is 5.96 Å². The fourth-order valence-corrected chi connectivity index (χ4v) is 2.14. The normalized spacial score (nSPS) is 10.9. The molecule has 2 N–H and O–H groups in total. The lowest BCUT2D eigenvalue weighted by Gasteiger charge is -2.12. The predicted molar refractivity (Wildman–Crippen MR) is 112 cm³/mol. The van der Waals surface area contributed by atoms with E-state index >= 15 is 0 Å². The van der Waals surface area contributed by atoms with Crippen LogP contribution in [-0.4, -0.2) is 17.5 Å². The lowest BCUT2D eigenvalue weighted by Crippen LogP contribution is -2.37. The number of hydrogen-bond acceptors (Lipinski definition) is 2. The minimum atomic E-state index is -0.309. The van der Waals surface area contributed by atoms with E-state index in [1.165, 1.54) is 11.6 Å². The molecule has 0 atom stereocenters. The molecule has 0 radical (unpaired) electrons. The first-order valence-electron chi connectivity index (χ1n) is 8.36. The van der Waals surface area contributed by atoms with Crippen molar-refractivity contribution in [3.63, 3.8) is 0 Å². The number of guanidine groups is 1. The summed E-state index contributed by atoms with van der Waals surface area (Å²) in [7, 11) is 0. The molecule has 0 fully saturated rings. The van der Waals surface area contributed by atoms with Crippen LogP contribution in [0.3, 0.4) is 0 Å². The molecule has 2 aromatic rings. The van der Waals surface area contributed by atoms with Crippen molar-refractivity contribution in [3.8, 4) is 0 Å². The van der Waals surface area contributed by atoms with Crippen molar-refractivity contribution in [2.45, 2.75) is 39.8 Å². The van der Waals surface area contributed by atoms with E-state index in [0.29, 0.717) is 24.7 Å². The third-order valence-electron chi connectivity index (χ3n) is 3.62. The van der Waals surface area contributed by atoms with Crippen LogP contribution in [0.2, 0.25) is 0 Å². The Morgan fingerprint density at radius 1 is 1.16 bits per heavy atom. The molecule has 1 aromatic heterocycles. The molecule has 0 bridgehead atoms. The summed E-state index contributed by atoms with van der Waals surface area (Å²) in [5, 5.41) is 6.43. The smallest absolute Gasteiger partial charge is 0.191 e. The average Bonchev–Trinajstić information content (AvgIpc) is 2.59. The molecule has 0 unspecified atom stereocenters. The molecule has 0 saturated heterocycles. The maximum absolute atomic E-state index is 13.7. The lowest BCUT2D eigenvalue weighted by molar-refractivity contribution is 0.592. The number of aryl methyl sites for hydroxylation is 1. The number of benzene rings is 1. The Kier molecular flexibility index (Phi) is 10.1. The van der Waals surface area contributed by atoms with Gasteiger partial charge in [0.25, 0.3) is 0 Å². The van der Waals surface area contributed by atoms with Crippen molar-refractivity contribution < 1.29 is 4.39 Å². The summed E-state index contributed by atoms with van der Waals surface area (Å²) >= 11 is 0. The minimum Gasteiger partial charge on any atom is -0.356 e. The van der Waals surface area contributed by atoms with Gasteiger partial charge in [-0.15, -0.1) is 24.0 Å². The van der Waals surface area contributed by atoms with Gasteiger partial charge in [-0.2, -0.15) is 0 Å². The molecule has 0 saturated carbocycles. The Balaban J connectivity index is 0.00000312. The Labute approximate surface area is 166 Å². The highest BCUT2D eigenvalue weighted by molar-refractivity contribution is 14.0. The summed E-state index contributed by atoms with van der Waals surface area (Å²) in [4.78, 5) is 8.64. The number of aliphatic imine (C=N–C) groups is 1. The van der Waals surface area contributed by atoms with Gasteiger partial charge in [0.05, 0.1) is 18.8 Å². The molecule has 1 heterocycles. The van der Waals surface area contributed by atoms with Gasteiger partial charge in [0, 0.05) is 12.7 Å². The summed E-state index contributed by atoms with van der Waals surface area (Å²) in [6.45, 7) is 5.92. The molecule has 0 spiro atoms. The van der Waals surface area contributed by atoms with Gasteiger partial charge < -0.3 is 10.6 Å². The van der Waals surface area contributed by atoms with E-state index in [1.807, 2.05) is 0 Å². The lowest BCUT2D eigenvalue weighted by atomic mass is 10.1. The van der Waals surface area contributed by atoms with Crippen molar-refractivity contribution in [2.24, 2.45) is 4.99 Å². The largest absolute Gasteiger partial charge is 0.356 e. The highest BCUT2D eigenvalue weighted by Gasteiger charge is 2.04. The van der Waals surface area contributed by atoms with Crippen LogP contribution in [0, 0.1) is 12.7 Å². The number of halogens is 2. The molecular formula is C19H26FIN4. The summed E-state index contributed by atoms with van der Waals surface area (Å²) in [5.41, 5.74) is 2.76. The van der Waals surface area contributed by atoms with Gasteiger partial charge >= 0.3 is 0 Å². The summed E-state index contributed by atoms with van der Waals surface area (Å²) < 4.78 is 13.7. The Morgan fingerprint density at radius 3 is 2.60 bits per heavy atom. The number of nitrogens with one attached hydrogen (secondary N) is 2. The quantitative estimate of drug-likeness (QED) is 0.285. The molecule has 0 amide bonds. The number of nitrogens with zero attached hydrogens (tertiary/aromatic N) is 2. The molecular weight excluding hydrogens is 430 g/mol. The van der Waals surface area contributed by atoms with Crippen LogP contribution < -0.4 is 10.6 Å². The molecule has 0 aliphatic rings. The zero-order valence-corrected chi connectivity index (χ0v) is 17.1. The summed E-state index contributed by atoms with van der Waals surface area (Å²) in [6.07, 6.45) is 3.75. The van der Waals surface area contributed by atoms with Crippen molar-refractivity contribution in [3.05, 3.63) is 65.2 Å². The minimum absolute atomic E-state index is 0. The SMILES string of the molecule is CCCCNC(=NCc1ccc(C)cc1)NCc1ncccc1F.I. The molecule has 4 nitrogen and oxygen atoms in total. The van der Waals surface area contributed by atoms with Crippen LogP contribution in [0.1, 0.15) is 36.6 Å². The molecule has 25 heavy (non-hydrogen) atoms. The van der Waals surface area contributed by atoms with E-state index in [2.05, 4.69) is 58.7 Å². The second kappa shape index (κ2) is 11.8. The van der Waals surface area contributed by atoms with Crippen LogP contribution in [0.25, 0.3) is 0 Å². The third kappa shape index (κ3) is 7.81. The van der Waals surface area contributed by atoms with Gasteiger partial charge in [-0.1, -0.05) is 43.2 Å². The standard InChI is InChI=1S/C19H25FN4.HI/c1-3-4-11-22-19(23-13-16-9-7-15(2)8-10-16)24-14-18-17(20)6-5-12-21-18;/h5-10,12H,3-4,11,13-14H2,1-2H3,(H2,22,23,24);1H. The second-order valence-electron chi connectivity index (χ2n) is 5.72. The van der Waals surface area contributed by atoms with Gasteiger partial charge in [-0.3, -0.25) is 4.98 Å².